The van der Waals surface area contributed by atoms with Crippen molar-refractivity contribution in [3.8, 4) is 12.1 Å². The number of benzene rings is 1. The van der Waals surface area contributed by atoms with Gasteiger partial charge in [-0.1, -0.05) is 12.8 Å². The van der Waals surface area contributed by atoms with Gasteiger partial charge in [-0.3, -0.25) is 4.55 Å². The maximum atomic E-state index is 10.7. The lowest BCUT2D eigenvalue weighted by Crippen LogP contribution is -2.29. The number of thiophene rings is 1. The lowest BCUT2D eigenvalue weighted by Gasteiger charge is -2.24. The number of rotatable bonds is 18. The Kier molecular flexibility index (Phi) is 14.2. The standard InChI is InChI=1S/C27H37N5O6S2/c1-4-32(11-13-38-19-23(33)18-37-12-7-5-6-8-14-40(34,35)36)22-9-10-25(20(2)15-22)30-31-27-24(16-28)21(3)26(17-29)39-27/h9-10,15,23,33H,4-8,11-14,18-19H2,1-3H3,(H,34,35,36)/b31-30+. The van der Waals surface area contributed by atoms with Crippen LogP contribution in [-0.2, 0) is 19.6 Å². The summed E-state index contributed by atoms with van der Waals surface area (Å²) in [5, 5.41) is 37.6. The molecule has 0 saturated heterocycles. The Bertz CT molecular complexity index is 1310. The summed E-state index contributed by atoms with van der Waals surface area (Å²) in [7, 11) is -3.89. The summed E-state index contributed by atoms with van der Waals surface area (Å²) >= 11 is 1.15. The summed E-state index contributed by atoms with van der Waals surface area (Å²) < 4.78 is 41.1. The van der Waals surface area contributed by atoms with Crippen molar-refractivity contribution in [2.75, 3.05) is 50.2 Å². The number of hydrogen-bond acceptors (Lipinski definition) is 11. The fourth-order valence-corrected chi connectivity index (χ4v) is 5.27. The number of anilines is 1. The first kappa shape index (κ1) is 33.3. The summed E-state index contributed by atoms with van der Waals surface area (Å²) in [6, 6.07) is 10.0. The van der Waals surface area contributed by atoms with Crippen LogP contribution < -0.4 is 4.90 Å². The molecule has 40 heavy (non-hydrogen) atoms. The summed E-state index contributed by atoms with van der Waals surface area (Å²) in [6.45, 7) is 8.31. The van der Waals surface area contributed by atoms with E-state index in [0.29, 0.717) is 59.3 Å². The molecule has 0 amide bonds. The Balaban J connectivity index is 1.74. The first-order valence-corrected chi connectivity index (χ1v) is 15.5. The number of unbranched alkanes of at least 4 members (excludes halogenated alkanes) is 3. The molecule has 218 valence electrons. The monoisotopic (exact) mass is 591 g/mol. The molecule has 1 aromatic carbocycles. The van der Waals surface area contributed by atoms with E-state index in [1.54, 1.807) is 6.92 Å². The minimum Gasteiger partial charge on any atom is -0.388 e. The smallest absolute Gasteiger partial charge is 0.264 e. The van der Waals surface area contributed by atoms with Crippen molar-refractivity contribution in [1.82, 2.24) is 0 Å². The van der Waals surface area contributed by atoms with E-state index in [1.165, 1.54) is 0 Å². The number of likely N-dealkylation sites (N-methyl/N-ethyl adjacent to an activating group) is 1. The molecule has 0 aliphatic heterocycles. The van der Waals surface area contributed by atoms with E-state index in [1.807, 2.05) is 32.0 Å². The van der Waals surface area contributed by atoms with Gasteiger partial charge in [0.1, 0.15) is 23.1 Å². The van der Waals surface area contributed by atoms with Crippen molar-refractivity contribution in [2.24, 2.45) is 10.2 Å². The highest BCUT2D eigenvalue weighted by atomic mass is 32.2. The Morgan fingerprint density at radius 2 is 1.75 bits per heavy atom. The van der Waals surface area contributed by atoms with Crippen LogP contribution in [0.1, 0.15) is 54.2 Å². The zero-order valence-corrected chi connectivity index (χ0v) is 24.8. The molecule has 0 saturated carbocycles. The molecule has 2 rings (SSSR count). The number of ether oxygens (including phenoxy) is 2. The van der Waals surface area contributed by atoms with Crippen molar-refractivity contribution in [3.63, 3.8) is 0 Å². The molecule has 0 aliphatic rings. The molecule has 1 heterocycles. The predicted octanol–water partition coefficient (Wildman–Crippen LogP) is 5.19. The quantitative estimate of drug-likeness (QED) is 0.134. The molecule has 0 spiro atoms. The first-order valence-electron chi connectivity index (χ1n) is 13.1. The lowest BCUT2D eigenvalue weighted by atomic mass is 10.1. The van der Waals surface area contributed by atoms with Crippen LogP contribution in [0.2, 0.25) is 0 Å². The highest BCUT2D eigenvalue weighted by molar-refractivity contribution is 7.85. The van der Waals surface area contributed by atoms with Crippen LogP contribution in [0.5, 0.6) is 0 Å². The summed E-state index contributed by atoms with van der Waals surface area (Å²) in [5.41, 5.74) is 3.59. The molecule has 0 aliphatic carbocycles. The summed E-state index contributed by atoms with van der Waals surface area (Å²) in [4.78, 5) is 2.61. The van der Waals surface area contributed by atoms with Gasteiger partial charge in [-0.15, -0.1) is 21.6 Å². The molecule has 2 N–H and O–H groups in total. The lowest BCUT2D eigenvalue weighted by molar-refractivity contribution is -0.0179. The van der Waals surface area contributed by atoms with Crippen molar-refractivity contribution < 1.29 is 27.6 Å². The Hall–Kier alpha value is -2.91. The Morgan fingerprint density at radius 1 is 1.05 bits per heavy atom. The highest BCUT2D eigenvalue weighted by Crippen LogP contribution is 2.36. The van der Waals surface area contributed by atoms with E-state index in [2.05, 4.69) is 27.3 Å². The number of azo groups is 1. The molecule has 11 nitrogen and oxygen atoms in total. The Labute approximate surface area is 240 Å². The Morgan fingerprint density at radius 3 is 2.38 bits per heavy atom. The van der Waals surface area contributed by atoms with Gasteiger partial charge in [-0.25, -0.2) is 0 Å². The van der Waals surface area contributed by atoms with E-state index in [-0.39, 0.29) is 19.0 Å². The van der Waals surface area contributed by atoms with Crippen LogP contribution in [-0.4, -0.2) is 69.5 Å². The highest BCUT2D eigenvalue weighted by Gasteiger charge is 2.15. The maximum Gasteiger partial charge on any atom is 0.264 e. The van der Waals surface area contributed by atoms with Crippen LogP contribution in [0.4, 0.5) is 16.4 Å². The SMILES string of the molecule is CCN(CCOCC(O)COCCCCCCS(=O)(=O)O)c1ccc(/N=N/c2sc(C#N)c(C)c2C#N)c(C)c1. The normalized spacial score (nSPS) is 12.4. The van der Waals surface area contributed by atoms with E-state index in [0.717, 1.165) is 42.0 Å². The zero-order valence-electron chi connectivity index (χ0n) is 23.2. The third-order valence-electron chi connectivity index (χ3n) is 6.08. The van der Waals surface area contributed by atoms with E-state index in [4.69, 9.17) is 14.0 Å². The minimum absolute atomic E-state index is 0.157. The van der Waals surface area contributed by atoms with Gasteiger partial charge in [0.15, 0.2) is 5.00 Å². The molecule has 1 unspecified atom stereocenters. The van der Waals surface area contributed by atoms with Gasteiger partial charge in [0.05, 0.1) is 36.8 Å². The second-order valence-electron chi connectivity index (χ2n) is 9.21. The van der Waals surface area contributed by atoms with Crippen molar-refractivity contribution in [1.29, 1.82) is 10.5 Å². The second kappa shape index (κ2) is 17.0. The molecular weight excluding hydrogens is 554 g/mol. The number of nitrogens with zero attached hydrogens (tertiary/aromatic N) is 5. The molecule has 1 atom stereocenters. The fraction of sp³-hybridized carbons (Fsp3) is 0.556. The second-order valence-corrected chi connectivity index (χ2v) is 11.8. The predicted molar refractivity (Wildman–Crippen MR) is 154 cm³/mol. The summed E-state index contributed by atoms with van der Waals surface area (Å²) in [6.07, 6.45) is 1.92. The molecule has 0 fully saturated rings. The number of aryl methyl sites for hydroxylation is 1. The van der Waals surface area contributed by atoms with E-state index in [9.17, 15) is 24.0 Å². The third-order valence-corrected chi connectivity index (χ3v) is 7.97. The molecule has 2 aromatic rings. The number of aliphatic hydroxyl groups is 1. The van der Waals surface area contributed by atoms with Crippen LogP contribution in [0.3, 0.4) is 0 Å². The number of nitriles is 2. The molecule has 1 aromatic heterocycles. The van der Waals surface area contributed by atoms with Crippen molar-refractivity contribution >= 4 is 37.8 Å². The van der Waals surface area contributed by atoms with Gasteiger partial charge in [0, 0.05) is 25.4 Å². The average molecular weight is 592 g/mol. The van der Waals surface area contributed by atoms with Crippen molar-refractivity contribution in [2.45, 2.75) is 52.6 Å². The van der Waals surface area contributed by atoms with E-state index < -0.39 is 16.2 Å². The third kappa shape index (κ3) is 11.3. The topological polar surface area (TPSA) is 169 Å². The average Bonchev–Trinajstić information content (AvgIpc) is 3.23. The number of aliphatic hydroxyl groups excluding tert-OH is 1. The largest absolute Gasteiger partial charge is 0.388 e. The molecule has 0 bridgehead atoms. The maximum absolute atomic E-state index is 10.7. The van der Waals surface area contributed by atoms with Gasteiger partial charge in [-0.05, 0) is 62.9 Å². The van der Waals surface area contributed by atoms with Crippen LogP contribution >= 0.6 is 11.3 Å². The molecule has 13 heteroatoms. The van der Waals surface area contributed by atoms with Crippen LogP contribution in [0.25, 0.3) is 0 Å². The van der Waals surface area contributed by atoms with Gasteiger partial charge in [-0.2, -0.15) is 18.9 Å². The fourth-order valence-electron chi connectivity index (χ4n) is 3.83. The van der Waals surface area contributed by atoms with Gasteiger partial charge in [0.25, 0.3) is 10.1 Å². The van der Waals surface area contributed by atoms with Crippen LogP contribution in [0, 0.1) is 36.5 Å². The van der Waals surface area contributed by atoms with Crippen molar-refractivity contribution in [3.05, 3.63) is 39.8 Å². The van der Waals surface area contributed by atoms with Crippen LogP contribution in [0.15, 0.2) is 28.4 Å². The minimum atomic E-state index is -3.89. The first-order chi connectivity index (χ1) is 19.1. The van der Waals surface area contributed by atoms with Gasteiger partial charge >= 0.3 is 0 Å². The number of hydrogen-bond donors (Lipinski definition) is 2. The van der Waals surface area contributed by atoms with E-state index >= 15 is 0 Å². The zero-order chi connectivity index (χ0) is 29.5. The molecule has 0 radical (unpaired) electrons. The van der Waals surface area contributed by atoms with Gasteiger partial charge in [0.2, 0.25) is 0 Å². The summed E-state index contributed by atoms with van der Waals surface area (Å²) in [5.74, 6) is -0.220. The molecular formula is C27H37N5O6S2. The van der Waals surface area contributed by atoms with Gasteiger partial charge < -0.3 is 19.5 Å².